The van der Waals surface area contributed by atoms with Crippen LogP contribution in [0.4, 0.5) is 5.82 Å². The van der Waals surface area contributed by atoms with E-state index in [0.29, 0.717) is 38.8 Å². The maximum Gasteiger partial charge on any atom is 0.255 e. The summed E-state index contributed by atoms with van der Waals surface area (Å²) in [5.41, 5.74) is 1.93. The first-order valence-electron chi connectivity index (χ1n) is 8.18. The normalized spacial score (nSPS) is 15.9. The summed E-state index contributed by atoms with van der Waals surface area (Å²) < 4.78 is 1.71. The quantitative estimate of drug-likeness (QED) is 0.637. The van der Waals surface area contributed by atoms with Crippen molar-refractivity contribution in [3.05, 3.63) is 28.5 Å². The summed E-state index contributed by atoms with van der Waals surface area (Å²) in [4.78, 5) is 19.3. The van der Waals surface area contributed by atoms with Gasteiger partial charge in [0.2, 0.25) is 0 Å². The zero-order chi connectivity index (χ0) is 17.6. The van der Waals surface area contributed by atoms with Crippen molar-refractivity contribution >= 4 is 34.8 Å². The number of nitrogens with zero attached hydrogens (tertiary/aromatic N) is 7. The molecule has 0 N–H and O–H groups in total. The monoisotopic (exact) mass is 377 g/mol. The number of rotatable bonds is 2. The Morgan fingerprint density at radius 3 is 2.60 bits per heavy atom. The van der Waals surface area contributed by atoms with E-state index in [1.54, 1.807) is 4.52 Å². The maximum absolute atomic E-state index is 6.53. The summed E-state index contributed by atoms with van der Waals surface area (Å²) in [7, 11) is 0. The van der Waals surface area contributed by atoms with Crippen molar-refractivity contribution in [2.75, 3.05) is 18.0 Å². The molecule has 1 aliphatic rings. The molecular formula is C16H17Cl2N7. The van der Waals surface area contributed by atoms with E-state index in [-0.39, 0.29) is 0 Å². The zero-order valence-corrected chi connectivity index (χ0v) is 15.5. The van der Waals surface area contributed by atoms with Gasteiger partial charge in [-0.05, 0) is 25.7 Å². The molecule has 3 aromatic rings. The van der Waals surface area contributed by atoms with Gasteiger partial charge in [-0.15, -0.1) is 0 Å². The second-order valence-electron chi connectivity index (χ2n) is 6.36. The number of aromatic nitrogens is 6. The lowest BCUT2D eigenvalue weighted by Gasteiger charge is -2.33. The molecule has 25 heavy (non-hydrogen) atoms. The van der Waals surface area contributed by atoms with E-state index in [1.807, 2.05) is 6.92 Å². The van der Waals surface area contributed by atoms with Gasteiger partial charge in [-0.1, -0.05) is 30.1 Å². The van der Waals surface area contributed by atoms with Gasteiger partial charge < -0.3 is 4.90 Å². The Morgan fingerprint density at radius 2 is 1.84 bits per heavy atom. The highest BCUT2D eigenvalue weighted by molar-refractivity contribution is 6.36. The van der Waals surface area contributed by atoms with Crippen LogP contribution in [0.5, 0.6) is 0 Å². The number of aryl methyl sites for hydroxylation is 1. The second kappa shape index (κ2) is 6.38. The van der Waals surface area contributed by atoms with E-state index in [1.165, 1.54) is 12.7 Å². The number of piperidine rings is 1. The van der Waals surface area contributed by atoms with Gasteiger partial charge in [0.15, 0.2) is 0 Å². The van der Waals surface area contributed by atoms with Gasteiger partial charge in [-0.2, -0.15) is 19.6 Å². The first-order valence-corrected chi connectivity index (χ1v) is 8.93. The van der Waals surface area contributed by atoms with Crippen LogP contribution in [-0.4, -0.2) is 42.6 Å². The molecule has 4 rings (SSSR count). The Morgan fingerprint density at radius 1 is 1.08 bits per heavy atom. The van der Waals surface area contributed by atoms with Crippen LogP contribution < -0.4 is 4.90 Å². The minimum Gasteiger partial charge on any atom is -0.356 e. The molecular weight excluding hydrogens is 361 g/mol. The molecule has 3 aromatic heterocycles. The molecule has 1 aliphatic heterocycles. The molecule has 9 heteroatoms. The third-order valence-electron chi connectivity index (χ3n) is 4.64. The molecule has 0 radical (unpaired) electrons. The van der Waals surface area contributed by atoms with Crippen LogP contribution in [0.3, 0.4) is 0 Å². The highest BCUT2D eigenvalue weighted by Gasteiger charge is 2.27. The van der Waals surface area contributed by atoms with Gasteiger partial charge in [-0.3, -0.25) is 0 Å². The van der Waals surface area contributed by atoms with Crippen molar-refractivity contribution in [2.45, 2.75) is 26.7 Å². The minimum absolute atomic E-state index is 0.314. The highest BCUT2D eigenvalue weighted by Crippen LogP contribution is 2.40. The molecule has 7 nitrogen and oxygen atoms in total. The fourth-order valence-corrected chi connectivity index (χ4v) is 3.59. The molecule has 4 heterocycles. The Hall–Kier alpha value is -1.99. The molecule has 0 saturated carbocycles. The van der Waals surface area contributed by atoms with Gasteiger partial charge in [0.05, 0.1) is 22.0 Å². The van der Waals surface area contributed by atoms with Gasteiger partial charge >= 0.3 is 0 Å². The lowest BCUT2D eigenvalue weighted by molar-refractivity contribution is 0.435. The molecule has 1 saturated heterocycles. The average Bonchev–Trinajstić information content (AvgIpc) is 3.05. The summed E-state index contributed by atoms with van der Waals surface area (Å²) in [6.45, 7) is 5.93. The van der Waals surface area contributed by atoms with E-state index in [9.17, 15) is 0 Å². The molecule has 0 unspecified atom stereocenters. The molecule has 0 aromatic carbocycles. The van der Waals surface area contributed by atoms with Crippen molar-refractivity contribution in [1.82, 2.24) is 29.5 Å². The summed E-state index contributed by atoms with van der Waals surface area (Å²) in [5.74, 6) is 2.00. The Labute approximate surface area is 155 Å². The lowest BCUT2D eigenvalue weighted by Crippen LogP contribution is -2.35. The number of hydrogen-bond acceptors (Lipinski definition) is 6. The van der Waals surface area contributed by atoms with Crippen LogP contribution in [-0.2, 0) is 0 Å². The van der Waals surface area contributed by atoms with Gasteiger partial charge in [0.1, 0.15) is 23.6 Å². The Bertz CT molecular complexity index is 932. The third kappa shape index (κ3) is 2.81. The van der Waals surface area contributed by atoms with Crippen molar-refractivity contribution < 1.29 is 0 Å². The van der Waals surface area contributed by atoms with E-state index >= 15 is 0 Å². The highest BCUT2D eigenvalue weighted by atomic mass is 35.5. The standard InChI is InChI=1S/C16H17Cl2N7/c1-9-3-5-24(6-4-9)15-11(13-12(17)10(2)19-7-20-13)14(18)23-16-21-8-22-25(15)16/h7-9H,3-6H2,1-2H3. The van der Waals surface area contributed by atoms with Gasteiger partial charge in [-0.25, -0.2) is 9.97 Å². The first-order chi connectivity index (χ1) is 12.1. The minimum atomic E-state index is 0.314. The van der Waals surface area contributed by atoms with Gasteiger partial charge in [0.25, 0.3) is 5.78 Å². The number of anilines is 1. The van der Waals surface area contributed by atoms with Crippen LogP contribution in [0.1, 0.15) is 25.5 Å². The SMILES string of the molecule is Cc1ncnc(-c2c(Cl)nc3ncnn3c2N2CCC(C)CC2)c1Cl. The van der Waals surface area contributed by atoms with Crippen molar-refractivity contribution in [3.8, 4) is 11.3 Å². The number of hydrogen-bond donors (Lipinski definition) is 0. The van der Waals surface area contributed by atoms with Crippen molar-refractivity contribution in [3.63, 3.8) is 0 Å². The fourth-order valence-electron chi connectivity index (χ4n) is 3.15. The predicted octanol–water partition coefficient (Wildman–Crippen LogP) is 3.43. The van der Waals surface area contributed by atoms with Crippen LogP contribution in [0.25, 0.3) is 17.0 Å². The topological polar surface area (TPSA) is 72.1 Å². The third-order valence-corrected chi connectivity index (χ3v) is 5.37. The zero-order valence-electron chi connectivity index (χ0n) is 13.9. The maximum atomic E-state index is 6.53. The molecule has 130 valence electrons. The molecule has 1 fully saturated rings. The smallest absolute Gasteiger partial charge is 0.255 e. The van der Waals surface area contributed by atoms with Crippen LogP contribution in [0.2, 0.25) is 10.2 Å². The first kappa shape index (κ1) is 16.5. The Balaban J connectivity index is 1.98. The van der Waals surface area contributed by atoms with Crippen molar-refractivity contribution in [1.29, 1.82) is 0 Å². The lowest BCUT2D eigenvalue weighted by atomic mass is 9.99. The van der Waals surface area contributed by atoms with E-state index in [4.69, 9.17) is 23.2 Å². The van der Waals surface area contributed by atoms with Crippen molar-refractivity contribution in [2.24, 2.45) is 5.92 Å². The molecule has 0 atom stereocenters. The van der Waals surface area contributed by atoms with Crippen LogP contribution in [0, 0.1) is 12.8 Å². The molecule has 0 spiro atoms. The average molecular weight is 378 g/mol. The van der Waals surface area contributed by atoms with Crippen LogP contribution >= 0.6 is 23.2 Å². The summed E-state index contributed by atoms with van der Waals surface area (Å²) in [6.07, 6.45) is 5.17. The summed E-state index contributed by atoms with van der Waals surface area (Å²) in [6, 6.07) is 0. The molecule has 0 aliphatic carbocycles. The van der Waals surface area contributed by atoms with Gasteiger partial charge in [0, 0.05) is 13.1 Å². The van der Waals surface area contributed by atoms with E-state index in [2.05, 4.69) is 36.9 Å². The second-order valence-corrected chi connectivity index (χ2v) is 7.10. The summed E-state index contributed by atoms with van der Waals surface area (Å²) in [5, 5.41) is 5.13. The molecule has 0 bridgehead atoms. The Kier molecular flexibility index (Phi) is 4.21. The number of halogens is 2. The number of fused-ring (bicyclic) bond motifs is 1. The summed E-state index contributed by atoms with van der Waals surface area (Å²) >= 11 is 13.0. The molecule has 0 amide bonds. The fraction of sp³-hybridized carbons (Fsp3) is 0.438. The van der Waals surface area contributed by atoms with Crippen LogP contribution in [0.15, 0.2) is 12.7 Å². The van der Waals surface area contributed by atoms with E-state index in [0.717, 1.165) is 31.7 Å². The largest absolute Gasteiger partial charge is 0.356 e. The predicted molar refractivity (Wildman–Crippen MR) is 97.2 cm³/mol. The van der Waals surface area contributed by atoms with E-state index < -0.39 is 0 Å².